The molecule has 5 aromatic rings. The Kier molecular flexibility index (Phi) is 6.23. The fourth-order valence-electron chi connectivity index (χ4n) is 4.98. The van der Waals surface area contributed by atoms with Gasteiger partial charge in [-0.1, -0.05) is 54.6 Å². The standard InChI is InChI=1S/C28H25N7O2S/c29-20-22-11-4-7-14-25(22)38(36,37)34-16-8-15-33(17-18-34)28-30-24-13-6-5-12-23(24)27-32-31-26(35(27)28)19-21-9-2-1-3-10-21/h1-7,9-14H,8,15-19H2. The summed E-state index contributed by atoms with van der Waals surface area (Å²) in [4.78, 5) is 7.18. The van der Waals surface area contributed by atoms with E-state index in [2.05, 4.69) is 27.2 Å². The van der Waals surface area contributed by atoms with Crippen LogP contribution >= 0.6 is 0 Å². The first-order valence-electron chi connectivity index (χ1n) is 12.5. The molecule has 190 valence electrons. The van der Waals surface area contributed by atoms with Crippen molar-refractivity contribution in [2.24, 2.45) is 0 Å². The van der Waals surface area contributed by atoms with Crippen molar-refractivity contribution in [2.75, 3.05) is 31.1 Å². The van der Waals surface area contributed by atoms with Crippen molar-refractivity contribution in [3.8, 4) is 6.07 Å². The Balaban J connectivity index is 1.38. The van der Waals surface area contributed by atoms with Gasteiger partial charge < -0.3 is 4.90 Å². The van der Waals surface area contributed by atoms with Gasteiger partial charge in [-0.25, -0.2) is 17.8 Å². The third-order valence-corrected chi connectivity index (χ3v) is 8.82. The van der Waals surface area contributed by atoms with E-state index in [1.165, 1.54) is 16.4 Å². The second-order valence-electron chi connectivity index (χ2n) is 9.22. The summed E-state index contributed by atoms with van der Waals surface area (Å²) in [6.07, 6.45) is 1.20. The van der Waals surface area contributed by atoms with Crippen LogP contribution in [0.15, 0.2) is 83.8 Å². The molecule has 6 rings (SSSR count). The monoisotopic (exact) mass is 523 g/mol. The van der Waals surface area contributed by atoms with Gasteiger partial charge in [-0.15, -0.1) is 10.2 Å². The second-order valence-corrected chi connectivity index (χ2v) is 11.1. The SMILES string of the molecule is N#Cc1ccccc1S(=O)(=O)N1CCCN(c2nc3ccccc3c3nnc(Cc4ccccc4)n23)CC1. The van der Waals surface area contributed by atoms with Crippen LogP contribution in [0.2, 0.25) is 0 Å². The molecule has 1 saturated heterocycles. The maximum Gasteiger partial charge on any atom is 0.244 e. The molecule has 10 heteroatoms. The highest BCUT2D eigenvalue weighted by Crippen LogP contribution is 2.27. The van der Waals surface area contributed by atoms with Gasteiger partial charge in [0.05, 0.1) is 16.0 Å². The molecule has 0 atom stereocenters. The molecule has 0 spiro atoms. The molecule has 0 N–H and O–H groups in total. The summed E-state index contributed by atoms with van der Waals surface area (Å²) in [5.41, 5.74) is 2.81. The van der Waals surface area contributed by atoms with Gasteiger partial charge in [0.15, 0.2) is 5.65 Å². The van der Waals surface area contributed by atoms with Gasteiger partial charge in [0.25, 0.3) is 0 Å². The van der Waals surface area contributed by atoms with Crippen LogP contribution in [-0.2, 0) is 16.4 Å². The molecule has 0 amide bonds. The van der Waals surface area contributed by atoms with E-state index in [0.29, 0.717) is 38.4 Å². The molecule has 0 saturated carbocycles. The normalized spacial score (nSPS) is 15.0. The molecule has 1 aliphatic heterocycles. The minimum atomic E-state index is -3.82. The van der Waals surface area contributed by atoms with E-state index >= 15 is 0 Å². The zero-order chi connectivity index (χ0) is 26.1. The van der Waals surface area contributed by atoms with Crippen LogP contribution in [0.4, 0.5) is 5.95 Å². The number of aromatic nitrogens is 4. The first kappa shape index (κ1) is 24.0. The number of nitrogens with zero attached hydrogens (tertiary/aromatic N) is 7. The van der Waals surface area contributed by atoms with Crippen molar-refractivity contribution in [3.63, 3.8) is 0 Å². The average Bonchev–Trinajstić information content (AvgIpc) is 3.20. The molecule has 9 nitrogen and oxygen atoms in total. The Morgan fingerprint density at radius 2 is 1.61 bits per heavy atom. The van der Waals surface area contributed by atoms with Crippen LogP contribution in [0.5, 0.6) is 0 Å². The molecule has 3 heterocycles. The summed E-state index contributed by atoms with van der Waals surface area (Å²) in [5.74, 6) is 1.47. The number of para-hydroxylation sites is 1. The molecule has 0 aliphatic carbocycles. The maximum atomic E-state index is 13.5. The Labute approximate surface area is 220 Å². The molecule has 0 radical (unpaired) electrons. The van der Waals surface area contributed by atoms with Crippen LogP contribution in [0.3, 0.4) is 0 Å². The summed E-state index contributed by atoms with van der Waals surface area (Å²) in [7, 11) is -3.82. The lowest BCUT2D eigenvalue weighted by molar-refractivity contribution is 0.433. The number of nitriles is 1. The Bertz CT molecular complexity index is 1780. The molecule has 3 aromatic carbocycles. The van der Waals surface area contributed by atoms with E-state index in [-0.39, 0.29) is 17.0 Å². The van der Waals surface area contributed by atoms with Crippen molar-refractivity contribution in [1.82, 2.24) is 23.9 Å². The van der Waals surface area contributed by atoms with Gasteiger partial charge in [0.1, 0.15) is 11.9 Å². The number of hydrogen-bond donors (Lipinski definition) is 0. The summed E-state index contributed by atoms with van der Waals surface area (Å²) in [5, 5.41) is 19.5. The zero-order valence-corrected chi connectivity index (χ0v) is 21.4. The van der Waals surface area contributed by atoms with Crippen LogP contribution in [0, 0.1) is 11.3 Å². The highest BCUT2D eigenvalue weighted by Gasteiger charge is 2.30. The number of fused-ring (bicyclic) bond motifs is 3. The smallest absolute Gasteiger partial charge is 0.244 e. The predicted octanol–water partition coefficient (Wildman–Crippen LogP) is 3.64. The first-order chi connectivity index (χ1) is 18.6. The first-order valence-corrected chi connectivity index (χ1v) is 13.9. The van der Waals surface area contributed by atoms with Crippen molar-refractivity contribution in [2.45, 2.75) is 17.7 Å². The van der Waals surface area contributed by atoms with Crippen molar-refractivity contribution in [3.05, 3.63) is 95.8 Å². The minimum Gasteiger partial charge on any atom is -0.340 e. The second kappa shape index (κ2) is 9.85. The average molecular weight is 524 g/mol. The van der Waals surface area contributed by atoms with Crippen molar-refractivity contribution >= 4 is 32.5 Å². The topological polar surface area (TPSA) is 107 Å². The third kappa shape index (κ3) is 4.26. The molecular weight excluding hydrogens is 498 g/mol. The van der Waals surface area contributed by atoms with Gasteiger partial charge in [-0.3, -0.25) is 0 Å². The fraction of sp³-hybridized carbons (Fsp3) is 0.214. The minimum absolute atomic E-state index is 0.0473. The Morgan fingerprint density at radius 1 is 0.842 bits per heavy atom. The van der Waals surface area contributed by atoms with Gasteiger partial charge >= 0.3 is 0 Å². The molecular formula is C28H25N7O2S. The Morgan fingerprint density at radius 3 is 2.45 bits per heavy atom. The highest BCUT2D eigenvalue weighted by molar-refractivity contribution is 7.89. The zero-order valence-electron chi connectivity index (χ0n) is 20.6. The maximum absolute atomic E-state index is 13.5. The van der Waals surface area contributed by atoms with Crippen LogP contribution in [0.25, 0.3) is 16.6 Å². The van der Waals surface area contributed by atoms with Gasteiger partial charge in [0.2, 0.25) is 16.0 Å². The van der Waals surface area contributed by atoms with Crippen LogP contribution < -0.4 is 4.90 Å². The summed E-state index contributed by atoms with van der Waals surface area (Å²) >= 11 is 0. The van der Waals surface area contributed by atoms with Gasteiger partial charge in [0, 0.05) is 38.0 Å². The number of anilines is 1. The molecule has 2 aromatic heterocycles. The number of hydrogen-bond acceptors (Lipinski definition) is 7. The lowest BCUT2D eigenvalue weighted by atomic mass is 10.1. The van der Waals surface area contributed by atoms with Crippen molar-refractivity contribution in [1.29, 1.82) is 5.26 Å². The Hall–Kier alpha value is -4.33. The molecule has 1 fully saturated rings. The lowest BCUT2D eigenvalue weighted by Crippen LogP contribution is -2.36. The number of sulfonamides is 1. The summed E-state index contributed by atoms with van der Waals surface area (Å²) < 4.78 is 30.4. The van der Waals surface area contributed by atoms with E-state index in [4.69, 9.17) is 4.98 Å². The summed E-state index contributed by atoms with van der Waals surface area (Å²) in [6, 6.07) is 26.3. The number of rotatable bonds is 5. The number of benzene rings is 3. The van der Waals surface area contributed by atoms with E-state index in [1.807, 2.05) is 52.9 Å². The predicted molar refractivity (Wildman–Crippen MR) is 144 cm³/mol. The van der Waals surface area contributed by atoms with E-state index < -0.39 is 10.0 Å². The quantitative estimate of drug-likeness (QED) is 0.346. The lowest BCUT2D eigenvalue weighted by Gasteiger charge is -2.24. The fourth-order valence-corrected chi connectivity index (χ4v) is 6.59. The molecule has 0 unspecified atom stereocenters. The van der Waals surface area contributed by atoms with Gasteiger partial charge in [-0.2, -0.15) is 9.57 Å². The summed E-state index contributed by atoms with van der Waals surface area (Å²) in [6.45, 7) is 1.69. The molecule has 38 heavy (non-hydrogen) atoms. The van der Waals surface area contributed by atoms with E-state index in [9.17, 15) is 13.7 Å². The highest BCUT2D eigenvalue weighted by atomic mass is 32.2. The molecule has 1 aliphatic rings. The third-order valence-electron chi connectivity index (χ3n) is 6.86. The largest absolute Gasteiger partial charge is 0.340 e. The van der Waals surface area contributed by atoms with Crippen LogP contribution in [-0.4, -0.2) is 58.5 Å². The molecule has 0 bridgehead atoms. The van der Waals surface area contributed by atoms with Gasteiger partial charge in [-0.05, 0) is 36.2 Å². The van der Waals surface area contributed by atoms with Crippen molar-refractivity contribution < 1.29 is 8.42 Å². The van der Waals surface area contributed by atoms with Crippen LogP contribution in [0.1, 0.15) is 23.4 Å². The van der Waals surface area contributed by atoms with E-state index in [1.54, 1.807) is 12.1 Å². The van der Waals surface area contributed by atoms with E-state index in [0.717, 1.165) is 27.9 Å².